The minimum Gasteiger partial charge on any atom is -0.350 e. The van der Waals surface area contributed by atoms with Crippen LogP contribution in [0.25, 0.3) is 10.2 Å². The summed E-state index contributed by atoms with van der Waals surface area (Å²) in [5, 5.41) is 3.28. The summed E-state index contributed by atoms with van der Waals surface area (Å²) in [5.74, 6) is -0.521. The van der Waals surface area contributed by atoms with Gasteiger partial charge in [0.15, 0.2) is 0 Å². The van der Waals surface area contributed by atoms with E-state index in [1.165, 1.54) is 27.1 Å². The molecule has 2 amide bonds. The zero-order valence-electron chi connectivity index (χ0n) is 14.8. The van der Waals surface area contributed by atoms with E-state index < -0.39 is 0 Å². The van der Waals surface area contributed by atoms with Gasteiger partial charge >= 0.3 is 0 Å². The van der Waals surface area contributed by atoms with Gasteiger partial charge < -0.3 is 14.8 Å². The standard InChI is InChI=1S/C16H22N4O3S/c1-9-11-13(17-8-20(6)14(11)22)24-12(9)15(23)19(5)7-10(21)18-16(2,3)4/h8H,7H2,1-6H3,(H,18,21). The molecule has 0 aromatic carbocycles. The van der Waals surface area contributed by atoms with Gasteiger partial charge in [0.05, 0.1) is 23.1 Å². The van der Waals surface area contributed by atoms with Crippen molar-refractivity contribution in [3.05, 3.63) is 27.1 Å². The number of amides is 2. The van der Waals surface area contributed by atoms with Crippen molar-refractivity contribution in [1.82, 2.24) is 19.8 Å². The van der Waals surface area contributed by atoms with Crippen LogP contribution in [-0.2, 0) is 11.8 Å². The monoisotopic (exact) mass is 350 g/mol. The number of carbonyl (C=O) groups is 2. The van der Waals surface area contributed by atoms with Crippen LogP contribution in [0.15, 0.2) is 11.1 Å². The average molecular weight is 350 g/mol. The van der Waals surface area contributed by atoms with Gasteiger partial charge in [-0.15, -0.1) is 11.3 Å². The third kappa shape index (κ3) is 3.64. The third-order valence-corrected chi connectivity index (χ3v) is 4.63. The molecule has 2 rings (SSSR count). The van der Waals surface area contributed by atoms with Gasteiger partial charge in [0, 0.05) is 19.6 Å². The molecule has 0 unspecified atom stereocenters. The van der Waals surface area contributed by atoms with E-state index >= 15 is 0 Å². The molecule has 0 fully saturated rings. The van der Waals surface area contributed by atoms with Crippen molar-refractivity contribution in [2.75, 3.05) is 13.6 Å². The molecular formula is C16H22N4O3S. The molecular weight excluding hydrogens is 328 g/mol. The molecule has 8 heteroatoms. The van der Waals surface area contributed by atoms with Gasteiger partial charge in [0.2, 0.25) is 5.91 Å². The third-order valence-electron chi connectivity index (χ3n) is 3.45. The smallest absolute Gasteiger partial charge is 0.264 e. The number of carbonyl (C=O) groups excluding carboxylic acids is 2. The fraction of sp³-hybridized carbons (Fsp3) is 0.500. The normalized spacial score (nSPS) is 11.6. The summed E-state index contributed by atoms with van der Waals surface area (Å²) < 4.78 is 1.39. The van der Waals surface area contributed by atoms with Crippen molar-refractivity contribution in [2.24, 2.45) is 7.05 Å². The van der Waals surface area contributed by atoms with Crippen molar-refractivity contribution in [2.45, 2.75) is 33.2 Å². The second-order valence-electron chi connectivity index (χ2n) is 6.86. The lowest BCUT2D eigenvalue weighted by Gasteiger charge is -2.23. The van der Waals surface area contributed by atoms with E-state index in [2.05, 4.69) is 10.3 Å². The Kier molecular flexibility index (Phi) is 4.80. The van der Waals surface area contributed by atoms with Gasteiger partial charge in [-0.05, 0) is 33.3 Å². The van der Waals surface area contributed by atoms with Crippen molar-refractivity contribution in [3.63, 3.8) is 0 Å². The number of hydrogen-bond donors (Lipinski definition) is 1. The maximum atomic E-state index is 12.7. The molecule has 0 aliphatic carbocycles. The topological polar surface area (TPSA) is 84.3 Å². The number of aryl methyl sites for hydroxylation is 2. The van der Waals surface area contributed by atoms with Crippen LogP contribution in [0.1, 0.15) is 36.0 Å². The summed E-state index contributed by atoms with van der Waals surface area (Å²) in [6.07, 6.45) is 1.44. The zero-order valence-corrected chi connectivity index (χ0v) is 15.6. The van der Waals surface area contributed by atoms with Crippen LogP contribution in [0.4, 0.5) is 0 Å². The van der Waals surface area contributed by atoms with Crippen LogP contribution in [0, 0.1) is 6.92 Å². The van der Waals surface area contributed by atoms with Gasteiger partial charge in [0.25, 0.3) is 11.5 Å². The summed E-state index contributed by atoms with van der Waals surface area (Å²) in [6, 6.07) is 0. The van der Waals surface area contributed by atoms with Crippen molar-refractivity contribution >= 4 is 33.4 Å². The fourth-order valence-corrected chi connectivity index (χ4v) is 3.47. The molecule has 0 aliphatic heterocycles. The van der Waals surface area contributed by atoms with E-state index in [0.717, 1.165) is 0 Å². The first-order valence-corrected chi connectivity index (χ1v) is 8.34. The maximum Gasteiger partial charge on any atom is 0.264 e. The van der Waals surface area contributed by atoms with Gasteiger partial charge in [-0.3, -0.25) is 14.4 Å². The van der Waals surface area contributed by atoms with Gasteiger partial charge in [0.1, 0.15) is 4.83 Å². The first-order chi connectivity index (χ1) is 11.0. The summed E-state index contributed by atoms with van der Waals surface area (Å²) in [4.78, 5) is 43.4. The van der Waals surface area contributed by atoms with E-state index in [1.54, 1.807) is 21.0 Å². The molecule has 1 N–H and O–H groups in total. The number of nitrogens with one attached hydrogen (secondary N) is 1. The molecule has 0 spiro atoms. The Balaban J connectivity index is 2.28. The van der Waals surface area contributed by atoms with Crippen LogP contribution in [-0.4, -0.2) is 45.4 Å². The minimum atomic E-state index is -0.357. The number of likely N-dealkylation sites (N-methyl/N-ethyl adjacent to an activating group) is 1. The molecule has 2 heterocycles. The fourth-order valence-electron chi connectivity index (χ4n) is 2.33. The molecule has 0 atom stereocenters. The highest BCUT2D eigenvalue weighted by Gasteiger charge is 2.23. The Bertz CT molecular complexity index is 861. The van der Waals surface area contributed by atoms with Crippen LogP contribution in [0.2, 0.25) is 0 Å². The maximum absolute atomic E-state index is 12.7. The van der Waals surface area contributed by atoms with E-state index in [-0.39, 0.29) is 29.5 Å². The predicted octanol–water partition coefficient (Wildman–Crippen LogP) is 1.29. The Labute approximate surface area is 144 Å². The van der Waals surface area contributed by atoms with E-state index in [1.807, 2.05) is 20.8 Å². The molecule has 130 valence electrons. The molecule has 0 aliphatic rings. The molecule has 24 heavy (non-hydrogen) atoms. The number of aromatic nitrogens is 2. The lowest BCUT2D eigenvalue weighted by Crippen LogP contribution is -2.46. The molecule has 0 saturated carbocycles. The summed E-state index contributed by atoms with van der Waals surface area (Å²) >= 11 is 1.18. The van der Waals surface area contributed by atoms with Crippen LogP contribution < -0.4 is 10.9 Å². The Morgan fingerprint density at radius 2 is 2.00 bits per heavy atom. The highest BCUT2D eigenvalue weighted by molar-refractivity contribution is 7.20. The Morgan fingerprint density at radius 1 is 1.38 bits per heavy atom. The average Bonchev–Trinajstić information content (AvgIpc) is 2.77. The quantitative estimate of drug-likeness (QED) is 0.904. The van der Waals surface area contributed by atoms with E-state index in [4.69, 9.17) is 0 Å². The highest BCUT2D eigenvalue weighted by atomic mass is 32.1. The Morgan fingerprint density at radius 3 is 2.58 bits per heavy atom. The number of nitrogens with zero attached hydrogens (tertiary/aromatic N) is 3. The van der Waals surface area contributed by atoms with Crippen LogP contribution >= 0.6 is 11.3 Å². The lowest BCUT2D eigenvalue weighted by atomic mass is 10.1. The number of thiophene rings is 1. The molecule has 7 nitrogen and oxygen atoms in total. The van der Waals surface area contributed by atoms with Gasteiger partial charge in [-0.2, -0.15) is 0 Å². The highest BCUT2D eigenvalue weighted by Crippen LogP contribution is 2.27. The molecule has 0 radical (unpaired) electrons. The van der Waals surface area contributed by atoms with E-state index in [9.17, 15) is 14.4 Å². The molecule has 0 bridgehead atoms. The summed E-state index contributed by atoms with van der Waals surface area (Å²) in [5.41, 5.74) is 0.0719. The van der Waals surface area contributed by atoms with E-state index in [0.29, 0.717) is 20.7 Å². The first-order valence-electron chi connectivity index (χ1n) is 7.52. The number of rotatable bonds is 3. The second kappa shape index (κ2) is 6.35. The van der Waals surface area contributed by atoms with Crippen molar-refractivity contribution in [3.8, 4) is 0 Å². The van der Waals surface area contributed by atoms with Gasteiger partial charge in [-0.1, -0.05) is 0 Å². The second-order valence-corrected chi connectivity index (χ2v) is 7.86. The molecule has 0 saturated heterocycles. The minimum absolute atomic E-state index is 0.0464. The van der Waals surface area contributed by atoms with Crippen molar-refractivity contribution < 1.29 is 9.59 Å². The molecule has 2 aromatic heterocycles. The molecule has 2 aromatic rings. The number of hydrogen-bond acceptors (Lipinski definition) is 5. The SMILES string of the molecule is Cc1c(C(=O)N(C)CC(=O)NC(C)(C)C)sc2ncn(C)c(=O)c12. The summed E-state index contributed by atoms with van der Waals surface area (Å²) in [6.45, 7) is 7.33. The lowest BCUT2D eigenvalue weighted by molar-refractivity contribution is -0.122. The Hall–Kier alpha value is -2.22. The van der Waals surface area contributed by atoms with Gasteiger partial charge in [-0.25, -0.2) is 4.98 Å². The van der Waals surface area contributed by atoms with Crippen LogP contribution in [0.5, 0.6) is 0 Å². The van der Waals surface area contributed by atoms with Crippen molar-refractivity contribution in [1.29, 1.82) is 0 Å². The zero-order chi connectivity index (χ0) is 18.2. The first kappa shape index (κ1) is 18.1. The summed E-state index contributed by atoms with van der Waals surface area (Å²) in [7, 11) is 3.19. The number of fused-ring (bicyclic) bond motifs is 1. The predicted molar refractivity (Wildman–Crippen MR) is 94.5 cm³/mol. The largest absolute Gasteiger partial charge is 0.350 e. The van der Waals surface area contributed by atoms with Crippen LogP contribution in [0.3, 0.4) is 0 Å².